The quantitative estimate of drug-likeness (QED) is 0.653. The first kappa shape index (κ1) is 14.3. The molecule has 0 atom stereocenters. The maximum absolute atomic E-state index is 14.3. The largest absolute Gasteiger partial charge is 0.481 e. The fourth-order valence-corrected chi connectivity index (χ4v) is 2.62. The van der Waals surface area contributed by atoms with Gasteiger partial charge in [0.15, 0.2) is 5.65 Å². The maximum atomic E-state index is 14.3. The molecule has 2 heterocycles. The van der Waals surface area contributed by atoms with E-state index in [4.69, 9.17) is 16.3 Å². The van der Waals surface area contributed by atoms with Crippen molar-refractivity contribution in [3.8, 4) is 11.6 Å². The van der Waals surface area contributed by atoms with Gasteiger partial charge in [-0.15, -0.1) is 11.6 Å². The van der Waals surface area contributed by atoms with Gasteiger partial charge in [-0.1, -0.05) is 15.9 Å². The standard InChI is InChI=1S/C14H10BrClFN3O/c1-21-13-5-3-10-14(19-13)20(12(7-16)18-10)11-4-2-8(15)6-9(11)17/h2-6H,7H2,1H3. The molecule has 3 rings (SSSR count). The fraction of sp³-hybridized carbons (Fsp3) is 0.143. The molecule has 0 unspecified atom stereocenters. The highest BCUT2D eigenvalue weighted by Gasteiger charge is 2.16. The van der Waals surface area contributed by atoms with Crippen LogP contribution in [0, 0.1) is 5.82 Å². The highest BCUT2D eigenvalue weighted by Crippen LogP contribution is 2.26. The molecule has 4 nitrogen and oxygen atoms in total. The number of fused-ring (bicyclic) bond motifs is 1. The third-order valence-electron chi connectivity index (χ3n) is 3.03. The molecule has 3 aromatic rings. The van der Waals surface area contributed by atoms with E-state index >= 15 is 0 Å². The van der Waals surface area contributed by atoms with E-state index in [9.17, 15) is 4.39 Å². The van der Waals surface area contributed by atoms with Crippen LogP contribution >= 0.6 is 27.5 Å². The summed E-state index contributed by atoms with van der Waals surface area (Å²) in [6, 6.07) is 8.26. The molecule has 0 aliphatic carbocycles. The Labute approximate surface area is 133 Å². The lowest BCUT2D eigenvalue weighted by molar-refractivity contribution is 0.399. The predicted octanol–water partition coefficient (Wildman–Crippen LogP) is 4.07. The van der Waals surface area contributed by atoms with E-state index in [1.54, 1.807) is 28.8 Å². The Kier molecular flexibility index (Phi) is 3.82. The number of hydrogen-bond donors (Lipinski definition) is 0. The van der Waals surface area contributed by atoms with Gasteiger partial charge in [-0.05, 0) is 24.3 Å². The molecular formula is C14H10BrClFN3O. The summed E-state index contributed by atoms with van der Waals surface area (Å²) < 4.78 is 21.6. The zero-order valence-electron chi connectivity index (χ0n) is 11.0. The molecule has 0 aliphatic rings. The van der Waals surface area contributed by atoms with Crippen molar-refractivity contribution in [1.82, 2.24) is 14.5 Å². The first-order valence-corrected chi connectivity index (χ1v) is 7.40. The molecule has 0 saturated carbocycles. The molecular weight excluding hydrogens is 361 g/mol. The third-order valence-corrected chi connectivity index (χ3v) is 3.76. The molecule has 7 heteroatoms. The summed E-state index contributed by atoms with van der Waals surface area (Å²) in [5, 5.41) is 0. The average Bonchev–Trinajstić information content (AvgIpc) is 2.84. The lowest BCUT2D eigenvalue weighted by atomic mass is 10.3. The van der Waals surface area contributed by atoms with Crippen LogP contribution < -0.4 is 4.74 Å². The topological polar surface area (TPSA) is 39.9 Å². The van der Waals surface area contributed by atoms with Gasteiger partial charge in [0.05, 0.1) is 18.7 Å². The Morgan fingerprint density at radius 1 is 1.29 bits per heavy atom. The van der Waals surface area contributed by atoms with E-state index in [-0.39, 0.29) is 11.7 Å². The molecule has 0 N–H and O–H groups in total. The van der Waals surface area contributed by atoms with Crippen LogP contribution in [0.4, 0.5) is 4.39 Å². The number of methoxy groups -OCH3 is 1. The zero-order valence-corrected chi connectivity index (χ0v) is 13.3. The molecule has 0 aliphatic heterocycles. The summed E-state index contributed by atoms with van der Waals surface area (Å²) in [4.78, 5) is 8.72. The van der Waals surface area contributed by atoms with Gasteiger partial charge in [0.2, 0.25) is 5.88 Å². The maximum Gasteiger partial charge on any atom is 0.215 e. The first-order valence-electron chi connectivity index (χ1n) is 6.08. The Bertz CT molecular complexity index is 821. The van der Waals surface area contributed by atoms with Gasteiger partial charge >= 0.3 is 0 Å². The van der Waals surface area contributed by atoms with E-state index < -0.39 is 0 Å². The van der Waals surface area contributed by atoms with Crippen LogP contribution in [-0.2, 0) is 5.88 Å². The number of halogens is 3. The van der Waals surface area contributed by atoms with Crippen molar-refractivity contribution in [3.63, 3.8) is 0 Å². The number of nitrogens with zero attached hydrogens (tertiary/aromatic N) is 3. The van der Waals surface area contributed by atoms with Crippen molar-refractivity contribution in [2.24, 2.45) is 0 Å². The predicted molar refractivity (Wildman–Crippen MR) is 82.6 cm³/mol. The number of alkyl halides is 1. The smallest absolute Gasteiger partial charge is 0.215 e. The normalized spacial score (nSPS) is 11.0. The van der Waals surface area contributed by atoms with Crippen molar-refractivity contribution >= 4 is 38.7 Å². The van der Waals surface area contributed by atoms with Gasteiger partial charge < -0.3 is 4.74 Å². The molecule has 0 saturated heterocycles. The summed E-state index contributed by atoms with van der Waals surface area (Å²) in [7, 11) is 1.53. The van der Waals surface area contributed by atoms with Crippen LogP contribution in [-0.4, -0.2) is 21.6 Å². The fourth-order valence-electron chi connectivity index (χ4n) is 2.11. The Morgan fingerprint density at radius 2 is 2.10 bits per heavy atom. The van der Waals surface area contributed by atoms with Crippen LogP contribution in [0.3, 0.4) is 0 Å². The number of aromatic nitrogens is 3. The SMILES string of the molecule is COc1ccc2nc(CCl)n(-c3ccc(Br)cc3F)c2n1. The molecule has 0 amide bonds. The number of benzene rings is 1. The van der Waals surface area contributed by atoms with Crippen molar-refractivity contribution in [2.75, 3.05) is 7.11 Å². The second-order valence-corrected chi connectivity index (χ2v) is 5.47. The van der Waals surface area contributed by atoms with Crippen molar-refractivity contribution in [2.45, 2.75) is 5.88 Å². The van der Waals surface area contributed by atoms with Gasteiger partial charge in [0.25, 0.3) is 0 Å². The Balaban J connectivity index is 2.33. The Hall–Kier alpha value is -1.66. The average molecular weight is 371 g/mol. The summed E-state index contributed by atoms with van der Waals surface area (Å²) in [6.07, 6.45) is 0. The van der Waals surface area contributed by atoms with E-state index in [1.165, 1.54) is 13.2 Å². The van der Waals surface area contributed by atoms with E-state index in [0.717, 1.165) is 0 Å². The molecule has 0 bridgehead atoms. The first-order chi connectivity index (χ1) is 10.1. The highest BCUT2D eigenvalue weighted by molar-refractivity contribution is 9.10. The van der Waals surface area contributed by atoms with Crippen molar-refractivity contribution in [1.29, 1.82) is 0 Å². The summed E-state index contributed by atoms with van der Waals surface area (Å²) in [6.45, 7) is 0. The molecule has 108 valence electrons. The van der Waals surface area contributed by atoms with Crippen molar-refractivity contribution < 1.29 is 9.13 Å². The van der Waals surface area contributed by atoms with E-state index in [0.29, 0.717) is 33.0 Å². The van der Waals surface area contributed by atoms with Crippen LogP contribution in [0.5, 0.6) is 5.88 Å². The lowest BCUT2D eigenvalue weighted by Crippen LogP contribution is -2.03. The van der Waals surface area contributed by atoms with Crippen LogP contribution in [0.25, 0.3) is 16.9 Å². The monoisotopic (exact) mass is 369 g/mol. The minimum atomic E-state index is -0.389. The second kappa shape index (κ2) is 5.61. The lowest BCUT2D eigenvalue weighted by Gasteiger charge is -2.09. The number of hydrogen-bond acceptors (Lipinski definition) is 3. The van der Waals surface area contributed by atoms with Gasteiger partial charge in [-0.2, -0.15) is 4.98 Å². The van der Waals surface area contributed by atoms with Gasteiger partial charge in [0, 0.05) is 10.5 Å². The number of rotatable bonds is 3. The zero-order chi connectivity index (χ0) is 15.0. The summed E-state index contributed by atoms with van der Waals surface area (Å²) in [5.41, 5.74) is 1.48. The molecule has 21 heavy (non-hydrogen) atoms. The number of ether oxygens (including phenoxy) is 1. The number of pyridine rings is 1. The minimum absolute atomic E-state index is 0.147. The van der Waals surface area contributed by atoms with Gasteiger partial charge in [-0.25, -0.2) is 9.37 Å². The third kappa shape index (κ3) is 2.49. The molecule has 2 aromatic heterocycles. The number of imidazole rings is 1. The van der Waals surface area contributed by atoms with E-state index in [2.05, 4.69) is 25.9 Å². The molecule has 1 aromatic carbocycles. The summed E-state index contributed by atoms with van der Waals surface area (Å²) in [5.74, 6) is 0.712. The molecule has 0 radical (unpaired) electrons. The Morgan fingerprint density at radius 3 is 2.76 bits per heavy atom. The van der Waals surface area contributed by atoms with Crippen LogP contribution in [0.1, 0.15) is 5.82 Å². The second-order valence-electron chi connectivity index (χ2n) is 4.29. The highest BCUT2D eigenvalue weighted by atomic mass is 79.9. The van der Waals surface area contributed by atoms with Crippen LogP contribution in [0.15, 0.2) is 34.8 Å². The van der Waals surface area contributed by atoms with Crippen molar-refractivity contribution in [3.05, 3.63) is 46.4 Å². The van der Waals surface area contributed by atoms with Gasteiger partial charge in [-0.3, -0.25) is 4.57 Å². The molecule has 0 fully saturated rings. The van der Waals surface area contributed by atoms with Gasteiger partial charge in [0.1, 0.15) is 17.2 Å². The van der Waals surface area contributed by atoms with Crippen LogP contribution in [0.2, 0.25) is 0 Å². The minimum Gasteiger partial charge on any atom is -0.481 e. The van der Waals surface area contributed by atoms with E-state index in [1.807, 2.05) is 0 Å². The molecule has 0 spiro atoms. The summed E-state index contributed by atoms with van der Waals surface area (Å²) >= 11 is 9.18.